The fourth-order valence-corrected chi connectivity index (χ4v) is 1.84. The van der Waals surface area contributed by atoms with E-state index in [1.54, 1.807) is 12.1 Å². The minimum Gasteiger partial charge on any atom is -0.494 e. The summed E-state index contributed by atoms with van der Waals surface area (Å²) >= 11 is 5.75. The van der Waals surface area contributed by atoms with Gasteiger partial charge >= 0.3 is 0 Å². The molecule has 0 aromatic heterocycles. The number of hydrogen-bond donors (Lipinski definition) is 1. The van der Waals surface area contributed by atoms with E-state index < -0.39 is 5.82 Å². The highest BCUT2D eigenvalue weighted by molar-refractivity contribution is 6.31. The smallest absolute Gasteiger partial charge is 0.183 e. The average Bonchev–Trinajstić information content (AvgIpc) is 2.89. The van der Waals surface area contributed by atoms with E-state index in [-0.39, 0.29) is 16.3 Å². The second-order valence-electron chi connectivity index (χ2n) is 4.13. The summed E-state index contributed by atoms with van der Waals surface area (Å²) in [4.78, 5) is 0. The van der Waals surface area contributed by atoms with Crippen molar-refractivity contribution in [2.45, 2.75) is 24.8 Å². The van der Waals surface area contributed by atoms with Gasteiger partial charge in [-0.25, -0.2) is 4.39 Å². The lowest BCUT2D eigenvalue weighted by molar-refractivity contribution is 0.386. The first-order valence-corrected chi connectivity index (χ1v) is 5.23. The van der Waals surface area contributed by atoms with Crippen LogP contribution in [0.3, 0.4) is 0 Å². The SMILES string of the molecule is COc1cc(CC2(N)CC2)cc(Cl)c1F. The number of methoxy groups -OCH3 is 1. The molecule has 1 saturated carbocycles. The number of ether oxygens (including phenoxy) is 1. The summed E-state index contributed by atoms with van der Waals surface area (Å²) in [5.74, 6) is -0.327. The summed E-state index contributed by atoms with van der Waals surface area (Å²) in [6, 6.07) is 3.28. The molecule has 1 aliphatic carbocycles. The second kappa shape index (κ2) is 3.65. The highest BCUT2D eigenvalue weighted by Crippen LogP contribution is 2.37. The van der Waals surface area contributed by atoms with Crippen molar-refractivity contribution in [3.63, 3.8) is 0 Å². The first-order chi connectivity index (χ1) is 7.04. The van der Waals surface area contributed by atoms with Crippen molar-refractivity contribution in [1.29, 1.82) is 0 Å². The van der Waals surface area contributed by atoms with Crippen molar-refractivity contribution in [2.75, 3.05) is 7.11 Å². The summed E-state index contributed by atoms with van der Waals surface area (Å²) in [7, 11) is 1.42. The molecule has 1 aliphatic rings. The number of benzene rings is 1. The van der Waals surface area contributed by atoms with Gasteiger partial charge in [0.1, 0.15) is 0 Å². The van der Waals surface area contributed by atoms with Crippen LogP contribution in [0.5, 0.6) is 5.75 Å². The van der Waals surface area contributed by atoms with Gasteiger partial charge in [0.25, 0.3) is 0 Å². The molecule has 1 aromatic rings. The van der Waals surface area contributed by atoms with Gasteiger partial charge in [0.2, 0.25) is 0 Å². The van der Waals surface area contributed by atoms with Gasteiger partial charge in [-0.2, -0.15) is 0 Å². The molecule has 0 atom stereocenters. The molecule has 0 heterocycles. The highest BCUT2D eigenvalue weighted by atomic mass is 35.5. The maximum atomic E-state index is 13.3. The van der Waals surface area contributed by atoms with Crippen LogP contribution in [-0.4, -0.2) is 12.6 Å². The molecule has 1 aromatic carbocycles. The molecule has 0 amide bonds. The first kappa shape index (κ1) is 10.7. The zero-order valence-corrected chi connectivity index (χ0v) is 9.27. The largest absolute Gasteiger partial charge is 0.494 e. The van der Waals surface area contributed by atoms with E-state index >= 15 is 0 Å². The Bertz CT molecular complexity index is 390. The molecule has 82 valence electrons. The fourth-order valence-electron chi connectivity index (χ4n) is 1.61. The zero-order chi connectivity index (χ0) is 11.1. The van der Waals surface area contributed by atoms with Crippen LogP contribution in [0.1, 0.15) is 18.4 Å². The van der Waals surface area contributed by atoms with E-state index in [4.69, 9.17) is 22.1 Å². The predicted octanol–water partition coefficient (Wildman–Crippen LogP) is 2.52. The third-order valence-corrected chi connectivity index (χ3v) is 3.00. The summed E-state index contributed by atoms with van der Waals surface area (Å²) < 4.78 is 18.2. The molecule has 2 nitrogen and oxygen atoms in total. The van der Waals surface area contributed by atoms with Crippen molar-refractivity contribution < 1.29 is 9.13 Å². The average molecular weight is 230 g/mol. The summed E-state index contributed by atoms with van der Waals surface area (Å²) in [6.45, 7) is 0. The van der Waals surface area contributed by atoms with Gasteiger partial charge in [0, 0.05) is 5.54 Å². The Morgan fingerprint density at radius 2 is 2.20 bits per heavy atom. The van der Waals surface area contributed by atoms with Gasteiger partial charge in [-0.15, -0.1) is 0 Å². The third kappa shape index (κ3) is 2.24. The minimum absolute atomic E-state index is 0.0913. The summed E-state index contributed by atoms with van der Waals surface area (Å²) in [5.41, 5.74) is 6.80. The molecule has 0 aliphatic heterocycles. The Morgan fingerprint density at radius 3 is 2.73 bits per heavy atom. The second-order valence-corrected chi connectivity index (χ2v) is 4.54. The van der Waals surface area contributed by atoms with Crippen LogP contribution < -0.4 is 10.5 Å². The predicted molar refractivity (Wildman–Crippen MR) is 57.8 cm³/mol. The van der Waals surface area contributed by atoms with E-state index in [2.05, 4.69) is 0 Å². The fraction of sp³-hybridized carbons (Fsp3) is 0.455. The molecule has 0 radical (unpaired) electrons. The van der Waals surface area contributed by atoms with E-state index in [0.29, 0.717) is 0 Å². The van der Waals surface area contributed by atoms with Crippen LogP contribution in [0.4, 0.5) is 4.39 Å². The molecule has 0 bridgehead atoms. The monoisotopic (exact) mass is 229 g/mol. The van der Waals surface area contributed by atoms with E-state index in [9.17, 15) is 4.39 Å². The number of nitrogens with two attached hydrogens (primary N) is 1. The maximum absolute atomic E-state index is 13.3. The van der Waals surface area contributed by atoms with Gasteiger partial charge in [-0.1, -0.05) is 11.6 Å². The lowest BCUT2D eigenvalue weighted by Gasteiger charge is -2.11. The molecule has 4 heteroatoms. The molecule has 1 fully saturated rings. The van der Waals surface area contributed by atoms with E-state index in [1.807, 2.05) is 0 Å². The third-order valence-electron chi connectivity index (χ3n) is 2.72. The molecule has 0 spiro atoms. The Balaban J connectivity index is 2.28. The van der Waals surface area contributed by atoms with Crippen molar-refractivity contribution in [2.24, 2.45) is 5.73 Å². The van der Waals surface area contributed by atoms with Crippen molar-refractivity contribution >= 4 is 11.6 Å². The Kier molecular flexibility index (Phi) is 2.61. The van der Waals surface area contributed by atoms with Gasteiger partial charge in [-0.05, 0) is 37.0 Å². The topological polar surface area (TPSA) is 35.2 Å². The number of hydrogen-bond acceptors (Lipinski definition) is 2. The van der Waals surface area contributed by atoms with Crippen LogP contribution in [0.2, 0.25) is 5.02 Å². The van der Waals surface area contributed by atoms with Gasteiger partial charge in [0.15, 0.2) is 11.6 Å². The Labute approximate surface area is 93.2 Å². The van der Waals surface area contributed by atoms with Gasteiger partial charge in [-0.3, -0.25) is 0 Å². The standard InChI is InChI=1S/C11H13ClFNO/c1-15-9-5-7(4-8(12)10(9)13)6-11(14)2-3-11/h4-5H,2-3,6,14H2,1H3. The molecular weight excluding hydrogens is 217 g/mol. The zero-order valence-electron chi connectivity index (χ0n) is 8.52. The maximum Gasteiger partial charge on any atom is 0.183 e. The molecule has 0 unspecified atom stereocenters. The summed E-state index contributed by atoms with van der Waals surface area (Å²) in [5, 5.41) is 0.0913. The first-order valence-electron chi connectivity index (χ1n) is 4.85. The summed E-state index contributed by atoms with van der Waals surface area (Å²) in [6.07, 6.45) is 2.76. The van der Waals surface area contributed by atoms with Gasteiger partial charge < -0.3 is 10.5 Å². The molecule has 15 heavy (non-hydrogen) atoms. The Hall–Kier alpha value is -0.800. The molecule has 0 saturated heterocycles. The lowest BCUT2D eigenvalue weighted by Crippen LogP contribution is -2.24. The van der Waals surface area contributed by atoms with Crippen LogP contribution in [-0.2, 0) is 6.42 Å². The highest BCUT2D eigenvalue weighted by Gasteiger charge is 2.38. The minimum atomic E-state index is -0.509. The number of rotatable bonds is 3. The van der Waals surface area contributed by atoms with Crippen LogP contribution >= 0.6 is 11.6 Å². The van der Waals surface area contributed by atoms with Crippen LogP contribution in [0.25, 0.3) is 0 Å². The van der Waals surface area contributed by atoms with Crippen molar-refractivity contribution in [3.8, 4) is 5.75 Å². The lowest BCUT2D eigenvalue weighted by atomic mass is 10.0. The van der Waals surface area contributed by atoms with Crippen molar-refractivity contribution in [1.82, 2.24) is 0 Å². The quantitative estimate of drug-likeness (QED) is 0.865. The van der Waals surface area contributed by atoms with E-state index in [0.717, 1.165) is 24.8 Å². The normalized spacial score (nSPS) is 17.6. The number of halogens is 2. The van der Waals surface area contributed by atoms with Gasteiger partial charge in [0.05, 0.1) is 12.1 Å². The molecule has 2 rings (SSSR count). The molecular formula is C11H13ClFNO. The Morgan fingerprint density at radius 1 is 1.53 bits per heavy atom. The van der Waals surface area contributed by atoms with E-state index in [1.165, 1.54) is 7.11 Å². The van der Waals surface area contributed by atoms with Crippen LogP contribution in [0.15, 0.2) is 12.1 Å². The molecule has 2 N–H and O–H groups in total. The van der Waals surface area contributed by atoms with Crippen LogP contribution in [0, 0.1) is 5.82 Å². The van der Waals surface area contributed by atoms with Crippen molar-refractivity contribution in [3.05, 3.63) is 28.5 Å².